The van der Waals surface area contributed by atoms with E-state index in [0.29, 0.717) is 12.5 Å². The van der Waals surface area contributed by atoms with E-state index >= 15 is 0 Å². The van der Waals surface area contributed by atoms with Gasteiger partial charge in [0.15, 0.2) is 11.5 Å². The van der Waals surface area contributed by atoms with Gasteiger partial charge in [-0.3, -0.25) is 0 Å². The second-order valence-electron chi connectivity index (χ2n) is 5.67. The van der Waals surface area contributed by atoms with Crippen LogP contribution in [0.3, 0.4) is 0 Å². The Morgan fingerprint density at radius 2 is 2.00 bits per heavy atom. The van der Waals surface area contributed by atoms with Crippen molar-refractivity contribution in [2.24, 2.45) is 5.92 Å². The summed E-state index contributed by atoms with van der Waals surface area (Å²) >= 11 is 0. The molecule has 0 radical (unpaired) electrons. The second-order valence-corrected chi connectivity index (χ2v) is 5.67. The average Bonchev–Trinajstić information content (AvgIpc) is 2.58. The molecule has 0 saturated carbocycles. The maximum absolute atomic E-state index is 6.31. The highest BCUT2D eigenvalue weighted by molar-refractivity contribution is 5.51. The van der Waals surface area contributed by atoms with Crippen molar-refractivity contribution < 1.29 is 18.9 Å². The summed E-state index contributed by atoms with van der Waals surface area (Å²) in [5.41, 5.74) is 2.26. The molecule has 4 heteroatoms. The molecule has 114 valence electrons. The molecule has 0 fully saturated rings. The van der Waals surface area contributed by atoms with Crippen LogP contribution in [0.15, 0.2) is 36.4 Å². The van der Waals surface area contributed by atoms with E-state index in [4.69, 9.17) is 18.9 Å². The minimum atomic E-state index is -0.00143. The third-order valence-corrected chi connectivity index (χ3v) is 4.42. The van der Waals surface area contributed by atoms with Crippen molar-refractivity contribution in [3.05, 3.63) is 47.5 Å². The summed E-state index contributed by atoms with van der Waals surface area (Å²) in [6, 6.07) is 11.9. The van der Waals surface area contributed by atoms with Crippen LogP contribution in [-0.4, -0.2) is 20.8 Å². The minimum Gasteiger partial charge on any atom is -0.497 e. The Morgan fingerprint density at radius 1 is 1.09 bits per heavy atom. The van der Waals surface area contributed by atoms with Gasteiger partial charge in [-0.2, -0.15) is 0 Å². The first-order chi connectivity index (χ1) is 10.8. The second kappa shape index (κ2) is 5.13. The lowest BCUT2D eigenvalue weighted by Crippen LogP contribution is -2.34. The van der Waals surface area contributed by atoms with Crippen LogP contribution in [0.25, 0.3) is 0 Å². The lowest BCUT2D eigenvalue weighted by molar-refractivity contribution is 0.0517. The molecular formula is C18H18O4. The molecule has 2 aromatic rings. The summed E-state index contributed by atoms with van der Waals surface area (Å²) in [7, 11) is 3.33. The van der Waals surface area contributed by atoms with Crippen molar-refractivity contribution >= 4 is 0 Å². The van der Waals surface area contributed by atoms with Crippen LogP contribution in [0.1, 0.15) is 17.2 Å². The van der Waals surface area contributed by atoms with Crippen molar-refractivity contribution in [2.75, 3.05) is 20.8 Å². The molecule has 2 aliphatic rings. The first-order valence-corrected chi connectivity index (χ1v) is 7.43. The number of ether oxygens (including phenoxy) is 4. The van der Waals surface area contributed by atoms with E-state index in [1.807, 2.05) is 30.3 Å². The van der Waals surface area contributed by atoms with Crippen molar-refractivity contribution in [3.63, 3.8) is 0 Å². The zero-order valence-electron chi connectivity index (χ0n) is 12.7. The average molecular weight is 298 g/mol. The molecule has 2 aromatic carbocycles. The minimum absolute atomic E-state index is 0.00143. The number of methoxy groups -OCH3 is 2. The van der Waals surface area contributed by atoms with Crippen LogP contribution < -0.4 is 18.9 Å². The van der Waals surface area contributed by atoms with Crippen LogP contribution in [0.5, 0.6) is 23.0 Å². The Hall–Kier alpha value is -2.36. The van der Waals surface area contributed by atoms with Gasteiger partial charge < -0.3 is 18.9 Å². The Bertz CT molecular complexity index is 710. The van der Waals surface area contributed by atoms with E-state index in [1.165, 1.54) is 5.56 Å². The van der Waals surface area contributed by atoms with E-state index in [9.17, 15) is 0 Å². The van der Waals surface area contributed by atoms with Crippen LogP contribution >= 0.6 is 0 Å². The van der Waals surface area contributed by atoms with Gasteiger partial charge in [-0.1, -0.05) is 12.1 Å². The predicted molar refractivity (Wildman–Crippen MR) is 82.0 cm³/mol. The summed E-state index contributed by atoms with van der Waals surface area (Å²) in [6.07, 6.45) is 0.932. The van der Waals surface area contributed by atoms with Gasteiger partial charge in [0.05, 0.1) is 20.8 Å². The Balaban J connectivity index is 1.75. The molecular weight excluding hydrogens is 280 g/mol. The molecule has 4 rings (SSSR count). The van der Waals surface area contributed by atoms with Crippen LogP contribution in [-0.2, 0) is 6.42 Å². The molecule has 0 amide bonds. The predicted octanol–water partition coefficient (Wildman–Crippen LogP) is 3.39. The smallest absolute Gasteiger partial charge is 0.165 e. The van der Waals surface area contributed by atoms with Gasteiger partial charge in [0.1, 0.15) is 17.6 Å². The van der Waals surface area contributed by atoms with Gasteiger partial charge in [0, 0.05) is 17.5 Å². The molecule has 2 heterocycles. The lowest BCUT2D eigenvalue weighted by atomic mass is 9.85. The maximum atomic E-state index is 6.31. The molecule has 0 aromatic heterocycles. The molecule has 2 atom stereocenters. The van der Waals surface area contributed by atoms with Gasteiger partial charge in [-0.05, 0) is 30.2 Å². The molecule has 0 bridgehead atoms. The third kappa shape index (κ3) is 1.98. The first kappa shape index (κ1) is 13.3. The Morgan fingerprint density at radius 3 is 2.82 bits per heavy atom. The fourth-order valence-corrected chi connectivity index (χ4v) is 3.29. The molecule has 2 unspecified atom stereocenters. The summed E-state index contributed by atoms with van der Waals surface area (Å²) < 4.78 is 22.9. The topological polar surface area (TPSA) is 36.9 Å². The van der Waals surface area contributed by atoms with Crippen LogP contribution in [0.4, 0.5) is 0 Å². The highest BCUT2D eigenvalue weighted by atomic mass is 16.5. The third-order valence-electron chi connectivity index (χ3n) is 4.42. The van der Waals surface area contributed by atoms with Crippen molar-refractivity contribution in [2.45, 2.75) is 12.5 Å². The lowest BCUT2D eigenvalue weighted by Gasteiger charge is -2.38. The molecule has 22 heavy (non-hydrogen) atoms. The Kier molecular flexibility index (Phi) is 3.10. The Labute approximate surface area is 129 Å². The summed E-state index contributed by atoms with van der Waals surface area (Å²) in [4.78, 5) is 0. The van der Waals surface area contributed by atoms with E-state index in [0.717, 1.165) is 35.0 Å². The van der Waals surface area contributed by atoms with Crippen molar-refractivity contribution in [1.82, 2.24) is 0 Å². The first-order valence-electron chi connectivity index (χ1n) is 7.43. The standard InChI is InChI=1S/C18H18O4/c1-19-13-6-7-14-16(9-13)21-10-12-8-11-4-3-5-15(20-2)18(11)22-17(12)14/h3-7,9,12,17H,8,10H2,1-2H3. The van der Waals surface area contributed by atoms with Crippen LogP contribution in [0, 0.1) is 5.92 Å². The highest BCUT2D eigenvalue weighted by Gasteiger charge is 2.38. The molecule has 2 aliphatic heterocycles. The summed E-state index contributed by atoms with van der Waals surface area (Å²) in [6.45, 7) is 0.654. The number of benzene rings is 2. The quantitative estimate of drug-likeness (QED) is 0.851. The fraction of sp³-hybridized carbons (Fsp3) is 0.333. The zero-order valence-corrected chi connectivity index (χ0v) is 12.7. The molecule has 0 N–H and O–H groups in total. The highest BCUT2D eigenvalue weighted by Crippen LogP contribution is 2.48. The van der Waals surface area contributed by atoms with E-state index in [1.54, 1.807) is 14.2 Å². The van der Waals surface area contributed by atoms with Crippen molar-refractivity contribution in [1.29, 1.82) is 0 Å². The van der Waals surface area contributed by atoms with Crippen molar-refractivity contribution in [3.8, 4) is 23.0 Å². The number of rotatable bonds is 2. The number of fused-ring (bicyclic) bond motifs is 4. The molecule has 0 aliphatic carbocycles. The van der Waals surface area contributed by atoms with Gasteiger partial charge in [-0.15, -0.1) is 0 Å². The molecule has 4 nitrogen and oxygen atoms in total. The van der Waals surface area contributed by atoms with Gasteiger partial charge >= 0.3 is 0 Å². The zero-order chi connectivity index (χ0) is 15.1. The number of hydrogen-bond donors (Lipinski definition) is 0. The van der Waals surface area contributed by atoms with Crippen LogP contribution in [0.2, 0.25) is 0 Å². The molecule has 0 saturated heterocycles. The normalized spacial score (nSPS) is 21.5. The summed E-state index contributed by atoms with van der Waals surface area (Å²) in [5.74, 6) is 3.61. The number of para-hydroxylation sites is 1. The fourth-order valence-electron chi connectivity index (χ4n) is 3.29. The largest absolute Gasteiger partial charge is 0.497 e. The van der Waals surface area contributed by atoms with Gasteiger partial charge in [0.25, 0.3) is 0 Å². The van der Waals surface area contributed by atoms with Gasteiger partial charge in [0.2, 0.25) is 0 Å². The summed E-state index contributed by atoms with van der Waals surface area (Å²) in [5, 5.41) is 0. The van der Waals surface area contributed by atoms with Gasteiger partial charge in [-0.25, -0.2) is 0 Å². The maximum Gasteiger partial charge on any atom is 0.165 e. The molecule has 0 spiro atoms. The monoisotopic (exact) mass is 298 g/mol. The van der Waals surface area contributed by atoms with E-state index < -0.39 is 0 Å². The number of hydrogen-bond acceptors (Lipinski definition) is 4. The van der Waals surface area contributed by atoms with E-state index in [2.05, 4.69) is 6.07 Å². The SMILES string of the molecule is COc1ccc2c(c1)OCC1Cc3cccc(OC)c3OC21. The van der Waals surface area contributed by atoms with E-state index in [-0.39, 0.29) is 6.10 Å².